The fourth-order valence-corrected chi connectivity index (χ4v) is 61.4. The molecule has 1 atom stereocenters. The zero-order chi connectivity index (χ0) is 46.7. The topological polar surface area (TPSA) is 73.8 Å². The van der Waals surface area contributed by atoms with E-state index in [4.69, 9.17) is 32.9 Å². The van der Waals surface area contributed by atoms with Crippen molar-refractivity contribution in [1.82, 2.24) is 0 Å². The van der Waals surface area contributed by atoms with Crippen LogP contribution in [0.2, 0.25) is 115 Å². The van der Waals surface area contributed by atoms with E-state index in [1.165, 1.54) is 5.19 Å². The van der Waals surface area contributed by atoms with Crippen LogP contribution in [-0.2, 0) is 32.9 Å². The summed E-state index contributed by atoms with van der Waals surface area (Å²) in [5.41, 5.74) is 0. The van der Waals surface area contributed by atoms with E-state index in [9.17, 15) is 0 Å². The Balaban J connectivity index is 3.93. The van der Waals surface area contributed by atoms with Crippen LogP contribution < -0.4 is 5.19 Å². The van der Waals surface area contributed by atoms with Gasteiger partial charge in [0, 0.05) is 0 Å². The fourth-order valence-electron chi connectivity index (χ4n) is 9.21. The van der Waals surface area contributed by atoms with Gasteiger partial charge in [0.15, 0.2) is 16.6 Å². The van der Waals surface area contributed by atoms with E-state index in [1.54, 1.807) is 0 Å². The minimum Gasteiger partial charge on any atom is -0.436 e. The summed E-state index contributed by atoms with van der Waals surface area (Å²) in [6, 6.07) is 28.9. The second-order valence-corrected chi connectivity index (χ2v) is 55.2. The first-order chi connectivity index (χ1) is 28.9. The Hall–Kier alpha value is 0.852. The van der Waals surface area contributed by atoms with E-state index in [0.717, 1.165) is 115 Å². The maximum absolute atomic E-state index is 7.89. The minimum absolute atomic E-state index is 0.847. The molecule has 17 heteroatoms. The Morgan fingerprint density at radius 3 is 0.705 bits per heavy atom. The van der Waals surface area contributed by atoms with Gasteiger partial charge in [-0.25, -0.2) is 0 Å². The van der Waals surface area contributed by atoms with Crippen LogP contribution in [0.1, 0.15) is 132 Å². The Bertz CT molecular complexity index is 1300. The molecule has 0 radical (unpaired) electrons. The highest BCUT2D eigenvalue weighted by atomic mass is 28.5. The molecule has 0 aliphatic carbocycles. The lowest BCUT2D eigenvalue weighted by atomic mass is 10.4. The third-order valence-electron chi connectivity index (χ3n) is 15.0. The van der Waals surface area contributed by atoms with Gasteiger partial charge in [-0.3, -0.25) is 0 Å². The summed E-state index contributed by atoms with van der Waals surface area (Å²) in [5, 5.41) is 1.23. The summed E-state index contributed by atoms with van der Waals surface area (Å²) >= 11 is 0. The maximum Gasteiger partial charge on any atom is 0.353 e. The molecule has 0 aliphatic heterocycles. The predicted molar refractivity (Wildman–Crippen MR) is 286 cm³/mol. The van der Waals surface area contributed by atoms with E-state index in [1.807, 2.05) is 0 Å². The van der Waals surface area contributed by atoms with Crippen LogP contribution in [0.5, 0.6) is 0 Å². The molecule has 0 amide bonds. The van der Waals surface area contributed by atoms with Crippen LogP contribution >= 0.6 is 0 Å². The van der Waals surface area contributed by atoms with Gasteiger partial charge >= 0.3 is 59.9 Å². The standard InChI is InChI=1S/C44H100O8Si9/c1-20-53(21-2,22-3)45-55(26-7,27-8)47-56(28-9,29-10)48-57(30-11,31-12)49-58(32-13,33-14)50-59(34-15,35-16)51-60(36-17,37-18)52-61(38-19,44-42-40-39-41-43-44)46-54(23-4,24-5)25-6/h39-43H,20-38H2,1-19H3. The maximum atomic E-state index is 7.89. The molecule has 0 saturated heterocycles. The third-order valence-corrected chi connectivity index (χ3v) is 61.8. The van der Waals surface area contributed by atoms with Crippen molar-refractivity contribution in [3.63, 3.8) is 0 Å². The van der Waals surface area contributed by atoms with Crippen LogP contribution in [-0.4, -0.2) is 76.6 Å². The van der Waals surface area contributed by atoms with Crippen molar-refractivity contribution in [2.45, 2.75) is 246 Å². The zero-order valence-corrected chi connectivity index (χ0v) is 52.6. The molecule has 1 unspecified atom stereocenters. The molecule has 61 heavy (non-hydrogen) atoms. The number of benzene rings is 1. The summed E-state index contributed by atoms with van der Waals surface area (Å²) < 4.78 is 62.2. The third kappa shape index (κ3) is 14.7. The first-order valence-electron chi connectivity index (χ1n) is 25.6. The lowest BCUT2D eigenvalue weighted by Crippen LogP contribution is -2.69. The minimum atomic E-state index is -2.94. The van der Waals surface area contributed by atoms with Crippen molar-refractivity contribution in [2.24, 2.45) is 0 Å². The Kier molecular flexibility index (Phi) is 26.5. The first-order valence-corrected chi connectivity index (χ1v) is 46.0. The Labute approximate surface area is 389 Å². The molecule has 0 aliphatic rings. The van der Waals surface area contributed by atoms with E-state index in [0.29, 0.717) is 0 Å². The SMILES string of the molecule is CC[Si](CC)(CC)O[Si](CC)(CC)O[Si](CC)(CC)O[Si](CC)(CC)O[Si](CC)(CC)O[Si](CC)(CC)O[Si](CC)(CC)O[Si](CC)(O[Si](CC)(CC)CC)c1ccccc1. The first kappa shape index (κ1) is 59.9. The quantitative estimate of drug-likeness (QED) is 0.0616. The lowest BCUT2D eigenvalue weighted by molar-refractivity contribution is 0.234. The summed E-state index contributed by atoms with van der Waals surface area (Å²) in [6.07, 6.45) is 0. The summed E-state index contributed by atoms with van der Waals surface area (Å²) in [4.78, 5) is 0. The lowest BCUT2D eigenvalue weighted by Gasteiger charge is -2.51. The highest BCUT2D eigenvalue weighted by molar-refractivity contribution is 6.97. The molecule has 0 spiro atoms. The van der Waals surface area contributed by atoms with Crippen LogP contribution in [0, 0.1) is 0 Å². The monoisotopic (exact) mass is 1010 g/mol. The van der Waals surface area contributed by atoms with Gasteiger partial charge in [-0.05, 0) is 120 Å². The van der Waals surface area contributed by atoms with Gasteiger partial charge in [-0.2, -0.15) is 0 Å². The molecule has 0 bridgehead atoms. The summed E-state index contributed by atoms with van der Waals surface area (Å²) in [5.74, 6) is 0. The van der Waals surface area contributed by atoms with Gasteiger partial charge in [0.05, 0.1) is 0 Å². The fraction of sp³-hybridized carbons (Fsp3) is 0.864. The van der Waals surface area contributed by atoms with Gasteiger partial charge in [0.25, 0.3) is 0 Å². The molecule has 0 aromatic heterocycles. The van der Waals surface area contributed by atoms with E-state index < -0.39 is 76.6 Å². The molecule has 1 aromatic carbocycles. The molecule has 0 saturated carbocycles. The molecule has 0 fully saturated rings. The van der Waals surface area contributed by atoms with Crippen molar-refractivity contribution in [3.05, 3.63) is 30.3 Å². The molecular weight excluding hydrogens is 909 g/mol. The van der Waals surface area contributed by atoms with Gasteiger partial charge in [0.1, 0.15) is 0 Å². The van der Waals surface area contributed by atoms with Gasteiger partial charge in [-0.1, -0.05) is 162 Å². The van der Waals surface area contributed by atoms with Crippen molar-refractivity contribution in [3.8, 4) is 0 Å². The number of rotatable bonds is 36. The van der Waals surface area contributed by atoms with Crippen molar-refractivity contribution >= 4 is 81.7 Å². The summed E-state index contributed by atoms with van der Waals surface area (Å²) in [7, 11) is -23.7. The number of hydrogen-bond acceptors (Lipinski definition) is 8. The zero-order valence-electron chi connectivity index (χ0n) is 43.6. The Morgan fingerprint density at radius 2 is 0.475 bits per heavy atom. The smallest absolute Gasteiger partial charge is 0.353 e. The van der Waals surface area contributed by atoms with Crippen LogP contribution in [0.15, 0.2) is 30.3 Å². The highest BCUT2D eigenvalue weighted by Crippen LogP contribution is 2.42. The van der Waals surface area contributed by atoms with Gasteiger partial charge in [0.2, 0.25) is 0 Å². The summed E-state index contributed by atoms with van der Waals surface area (Å²) in [6.45, 7) is 43.8. The van der Waals surface area contributed by atoms with Gasteiger partial charge in [-0.15, -0.1) is 0 Å². The second kappa shape index (κ2) is 27.0. The molecule has 360 valence electrons. The average molecular weight is 1010 g/mol. The van der Waals surface area contributed by atoms with Crippen molar-refractivity contribution < 1.29 is 32.9 Å². The average Bonchev–Trinajstić information content (AvgIpc) is 3.33. The largest absolute Gasteiger partial charge is 0.436 e. The molecule has 0 heterocycles. The van der Waals surface area contributed by atoms with E-state index in [-0.39, 0.29) is 0 Å². The van der Waals surface area contributed by atoms with Crippen LogP contribution in [0.4, 0.5) is 0 Å². The predicted octanol–water partition coefficient (Wildman–Crippen LogP) is 15.4. The molecule has 8 nitrogen and oxygen atoms in total. The molecule has 1 rings (SSSR count). The molecular formula is C44H100O8Si9. The number of hydrogen-bond donors (Lipinski definition) is 0. The van der Waals surface area contributed by atoms with E-state index in [2.05, 4.69) is 162 Å². The molecule has 1 aromatic rings. The second-order valence-electron chi connectivity index (χ2n) is 17.5. The van der Waals surface area contributed by atoms with E-state index >= 15 is 0 Å². The van der Waals surface area contributed by atoms with Crippen LogP contribution in [0.25, 0.3) is 0 Å². The van der Waals surface area contributed by atoms with Gasteiger partial charge < -0.3 is 32.9 Å². The molecule has 0 N–H and O–H groups in total. The van der Waals surface area contributed by atoms with Crippen molar-refractivity contribution in [2.75, 3.05) is 0 Å². The highest BCUT2D eigenvalue weighted by Gasteiger charge is 2.59. The normalized spacial score (nSPS) is 15.1. The van der Waals surface area contributed by atoms with Crippen molar-refractivity contribution in [1.29, 1.82) is 0 Å². The van der Waals surface area contributed by atoms with Crippen LogP contribution in [0.3, 0.4) is 0 Å². The Morgan fingerprint density at radius 1 is 0.246 bits per heavy atom.